The highest BCUT2D eigenvalue weighted by atomic mass is 35.5. The number of hydrogen-bond donors (Lipinski definition) is 1. The first-order valence-corrected chi connectivity index (χ1v) is 18.1. The lowest BCUT2D eigenvalue weighted by Crippen LogP contribution is -2.54. The van der Waals surface area contributed by atoms with Gasteiger partial charge in [-0.3, -0.25) is 13.9 Å². The average Bonchev–Trinajstić information content (AvgIpc) is 3.60. The van der Waals surface area contributed by atoms with Crippen LogP contribution in [0.1, 0.15) is 42.4 Å². The Balaban J connectivity index is 1.60. The Labute approximate surface area is 292 Å². The van der Waals surface area contributed by atoms with E-state index in [1.165, 1.54) is 23.1 Å². The number of nitrogens with zero attached hydrogens (tertiary/aromatic N) is 2. The number of methoxy groups -OCH3 is 1. The molecule has 48 heavy (non-hydrogen) atoms. The van der Waals surface area contributed by atoms with Crippen LogP contribution in [-0.4, -0.2) is 50.9 Å². The molecular formula is C37H39Cl2N3O5S. The molecule has 11 heteroatoms. The first-order chi connectivity index (χ1) is 23.1. The molecule has 0 saturated heterocycles. The van der Waals surface area contributed by atoms with Crippen LogP contribution >= 0.6 is 23.2 Å². The number of rotatable bonds is 13. The summed E-state index contributed by atoms with van der Waals surface area (Å²) in [5.74, 6) is -0.299. The number of amides is 2. The van der Waals surface area contributed by atoms with Crippen molar-refractivity contribution in [1.29, 1.82) is 0 Å². The summed E-state index contributed by atoms with van der Waals surface area (Å²) in [6, 6.07) is 26.7. The molecule has 0 radical (unpaired) electrons. The van der Waals surface area contributed by atoms with E-state index in [2.05, 4.69) is 5.32 Å². The highest BCUT2D eigenvalue weighted by molar-refractivity contribution is 7.92. The molecule has 1 saturated carbocycles. The van der Waals surface area contributed by atoms with E-state index in [1.54, 1.807) is 43.5 Å². The standard InChI is InChI=1S/C37H39Cl2N3O5S/c1-26-18-20-31(21-19-26)48(45,46)42(33-17-9-16-32(38)36(33)39)25-35(43)41(24-28-12-8-15-30(22-28)47-2)34(23-27-10-4-3-5-11-27)37(44)40-29-13-6-7-14-29/h3-5,8-12,15-22,29,34H,6-7,13-14,23-25H2,1-2H3,(H,40,44)/t34-/m1/s1. The lowest BCUT2D eigenvalue weighted by Gasteiger charge is -2.34. The first-order valence-electron chi connectivity index (χ1n) is 15.9. The number of benzene rings is 4. The molecule has 1 atom stereocenters. The van der Waals surface area contributed by atoms with Gasteiger partial charge < -0.3 is 15.0 Å². The lowest BCUT2D eigenvalue weighted by molar-refractivity contribution is -0.140. The number of ether oxygens (including phenoxy) is 1. The molecule has 1 aliphatic carbocycles. The van der Waals surface area contributed by atoms with Gasteiger partial charge in [0.05, 0.1) is 27.7 Å². The first kappa shape index (κ1) is 35.3. The largest absolute Gasteiger partial charge is 0.497 e. The molecule has 0 unspecified atom stereocenters. The predicted octanol–water partition coefficient (Wildman–Crippen LogP) is 7.20. The van der Waals surface area contributed by atoms with E-state index in [4.69, 9.17) is 27.9 Å². The molecule has 0 aliphatic heterocycles. The summed E-state index contributed by atoms with van der Waals surface area (Å²) in [6.45, 7) is 1.24. The monoisotopic (exact) mass is 707 g/mol. The van der Waals surface area contributed by atoms with Crippen LogP contribution < -0.4 is 14.4 Å². The van der Waals surface area contributed by atoms with Gasteiger partial charge in [-0.2, -0.15) is 0 Å². The molecule has 0 spiro atoms. The second-order valence-electron chi connectivity index (χ2n) is 12.0. The minimum absolute atomic E-state index is 0.00762. The van der Waals surface area contributed by atoms with E-state index in [1.807, 2.05) is 49.4 Å². The van der Waals surface area contributed by atoms with Gasteiger partial charge in [0.25, 0.3) is 10.0 Å². The van der Waals surface area contributed by atoms with E-state index in [9.17, 15) is 18.0 Å². The number of hydrogen-bond acceptors (Lipinski definition) is 5. The van der Waals surface area contributed by atoms with Gasteiger partial charge in [-0.05, 0) is 67.3 Å². The van der Waals surface area contributed by atoms with Crippen LogP contribution in [0.15, 0.2) is 102 Å². The SMILES string of the molecule is COc1cccc(CN(C(=O)CN(c2cccc(Cl)c2Cl)S(=O)(=O)c2ccc(C)cc2)[C@H](Cc2ccccc2)C(=O)NC2CCCC2)c1. The lowest BCUT2D eigenvalue weighted by atomic mass is 10.0. The van der Waals surface area contributed by atoms with Gasteiger partial charge >= 0.3 is 0 Å². The number of aryl methyl sites for hydroxylation is 1. The molecule has 5 rings (SSSR count). The van der Waals surface area contributed by atoms with Crippen molar-refractivity contribution in [3.8, 4) is 5.75 Å². The minimum atomic E-state index is -4.32. The second kappa shape index (κ2) is 15.9. The summed E-state index contributed by atoms with van der Waals surface area (Å²) in [5, 5.41) is 3.30. The maximum absolute atomic E-state index is 14.7. The van der Waals surface area contributed by atoms with Gasteiger partial charge in [0, 0.05) is 19.0 Å². The van der Waals surface area contributed by atoms with Gasteiger partial charge in [0.15, 0.2) is 0 Å². The topological polar surface area (TPSA) is 96.0 Å². The zero-order chi connectivity index (χ0) is 34.3. The van der Waals surface area contributed by atoms with Crippen LogP contribution in [0.4, 0.5) is 5.69 Å². The Morgan fingerprint density at radius 3 is 2.25 bits per heavy atom. The second-order valence-corrected chi connectivity index (χ2v) is 14.6. The quantitative estimate of drug-likeness (QED) is 0.159. The highest BCUT2D eigenvalue weighted by Crippen LogP contribution is 2.36. The van der Waals surface area contributed by atoms with Crippen molar-refractivity contribution < 1.29 is 22.7 Å². The minimum Gasteiger partial charge on any atom is -0.497 e. The molecule has 8 nitrogen and oxygen atoms in total. The highest BCUT2D eigenvalue weighted by Gasteiger charge is 2.36. The van der Waals surface area contributed by atoms with Gasteiger partial charge in [0.1, 0.15) is 18.3 Å². The van der Waals surface area contributed by atoms with E-state index < -0.39 is 28.5 Å². The summed E-state index contributed by atoms with van der Waals surface area (Å²) in [7, 11) is -2.77. The van der Waals surface area contributed by atoms with Crippen molar-refractivity contribution in [1.82, 2.24) is 10.2 Å². The Hall–Kier alpha value is -4.05. The molecule has 1 aliphatic rings. The normalized spacial score (nSPS) is 13.9. The zero-order valence-corrected chi connectivity index (χ0v) is 29.3. The van der Waals surface area contributed by atoms with E-state index >= 15 is 0 Å². The van der Waals surface area contributed by atoms with Crippen LogP contribution in [0.5, 0.6) is 5.75 Å². The molecular weight excluding hydrogens is 669 g/mol. The smallest absolute Gasteiger partial charge is 0.264 e. The average molecular weight is 709 g/mol. The Bertz CT molecular complexity index is 1830. The third-order valence-corrected chi connectivity index (χ3v) is 11.1. The van der Waals surface area contributed by atoms with E-state index in [0.717, 1.165) is 41.1 Å². The fraction of sp³-hybridized carbons (Fsp3) is 0.297. The van der Waals surface area contributed by atoms with Crippen molar-refractivity contribution in [2.75, 3.05) is 18.0 Å². The van der Waals surface area contributed by atoms with Crippen molar-refractivity contribution in [2.24, 2.45) is 0 Å². The third-order valence-electron chi connectivity index (χ3n) is 8.55. The summed E-state index contributed by atoms with van der Waals surface area (Å²) in [4.78, 5) is 30.3. The van der Waals surface area contributed by atoms with Crippen molar-refractivity contribution in [2.45, 2.75) is 62.6 Å². The van der Waals surface area contributed by atoms with Gasteiger partial charge in [-0.25, -0.2) is 8.42 Å². The molecule has 1 fully saturated rings. The zero-order valence-electron chi connectivity index (χ0n) is 26.9. The number of halogens is 2. The third kappa shape index (κ3) is 8.50. The van der Waals surface area contributed by atoms with Crippen LogP contribution in [0.3, 0.4) is 0 Å². The fourth-order valence-electron chi connectivity index (χ4n) is 5.92. The molecule has 2 amide bonds. The van der Waals surface area contributed by atoms with Crippen molar-refractivity contribution in [3.05, 3.63) is 124 Å². The maximum Gasteiger partial charge on any atom is 0.264 e. The molecule has 4 aromatic carbocycles. The van der Waals surface area contributed by atoms with Gasteiger partial charge in [0.2, 0.25) is 11.8 Å². The summed E-state index contributed by atoms with van der Waals surface area (Å²) >= 11 is 13.0. The van der Waals surface area contributed by atoms with Gasteiger partial charge in [-0.15, -0.1) is 0 Å². The number of carbonyl (C=O) groups is 2. The number of carbonyl (C=O) groups excluding carboxylic acids is 2. The van der Waals surface area contributed by atoms with Crippen molar-refractivity contribution in [3.63, 3.8) is 0 Å². The molecule has 0 heterocycles. The van der Waals surface area contributed by atoms with Gasteiger partial charge in [-0.1, -0.05) is 102 Å². The van der Waals surface area contributed by atoms with Crippen LogP contribution in [0.25, 0.3) is 0 Å². The molecule has 1 N–H and O–H groups in total. The summed E-state index contributed by atoms with van der Waals surface area (Å²) < 4.78 is 35.0. The fourth-order valence-corrected chi connectivity index (χ4v) is 7.80. The summed E-state index contributed by atoms with van der Waals surface area (Å²) in [5.41, 5.74) is 2.49. The Kier molecular flexibility index (Phi) is 11.7. The number of sulfonamides is 1. The predicted molar refractivity (Wildman–Crippen MR) is 190 cm³/mol. The van der Waals surface area contributed by atoms with E-state index in [0.29, 0.717) is 11.3 Å². The molecule has 0 bridgehead atoms. The molecule has 252 valence electrons. The van der Waals surface area contributed by atoms with Crippen LogP contribution in [-0.2, 0) is 32.6 Å². The number of anilines is 1. The van der Waals surface area contributed by atoms with Crippen LogP contribution in [0.2, 0.25) is 10.0 Å². The van der Waals surface area contributed by atoms with Crippen LogP contribution in [0, 0.1) is 6.92 Å². The van der Waals surface area contributed by atoms with E-state index in [-0.39, 0.29) is 45.5 Å². The summed E-state index contributed by atoms with van der Waals surface area (Å²) in [6.07, 6.45) is 3.99. The Morgan fingerprint density at radius 1 is 0.896 bits per heavy atom. The molecule has 0 aromatic heterocycles. The molecule has 4 aromatic rings. The van der Waals surface area contributed by atoms with Crippen molar-refractivity contribution >= 4 is 50.7 Å². The number of nitrogens with one attached hydrogen (secondary N) is 1. The maximum atomic E-state index is 14.7. The Morgan fingerprint density at radius 2 is 1.56 bits per heavy atom.